The molecule has 143 heavy (non-hydrogen) atoms. The van der Waals surface area contributed by atoms with Gasteiger partial charge in [0.25, 0.3) is 0 Å². The number of carbonyl (C=O) groups is 4. The lowest BCUT2D eigenvalue weighted by Crippen LogP contribution is -2.71. The molecule has 12 fully saturated rings. The van der Waals surface area contributed by atoms with Gasteiger partial charge in [-0.1, -0.05) is 0 Å². The van der Waals surface area contributed by atoms with Gasteiger partial charge in [0.2, 0.25) is 23.6 Å². The molecular formula is C80H134N4O59. The lowest BCUT2D eigenvalue weighted by molar-refractivity contribution is -0.408. The Labute approximate surface area is 809 Å². The van der Waals surface area contributed by atoms with Crippen LogP contribution in [0.25, 0.3) is 0 Å². The van der Waals surface area contributed by atoms with Crippen molar-refractivity contribution < 1.29 is 292 Å². The van der Waals surface area contributed by atoms with Crippen molar-refractivity contribution in [3.05, 3.63) is 0 Å². The van der Waals surface area contributed by atoms with Gasteiger partial charge >= 0.3 is 0 Å². The van der Waals surface area contributed by atoms with E-state index < -0.39 is 458 Å². The van der Waals surface area contributed by atoms with E-state index in [0.717, 1.165) is 27.7 Å². The maximum absolute atomic E-state index is 13.5. The van der Waals surface area contributed by atoms with Crippen molar-refractivity contribution in [3.63, 3.8) is 0 Å². The molecule has 0 saturated carbocycles. The van der Waals surface area contributed by atoms with Crippen molar-refractivity contribution in [1.82, 2.24) is 21.3 Å². The van der Waals surface area contributed by atoms with Crippen LogP contribution in [0, 0.1) is 0 Å². The van der Waals surface area contributed by atoms with Gasteiger partial charge in [0.15, 0.2) is 75.5 Å². The summed E-state index contributed by atoms with van der Waals surface area (Å²) in [6, 6.07) is -8.03. The minimum Gasteiger partial charge on any atom is -0.394 e. The molecule has 1 unspecified atom stereocenters. The number of hydrogen-bond acceptors (Lipinski definition) is 59. The lowest BCUT2D eigenvalue weighted by Gasteiger charge is -2.52. The molecule has 60 atom stereocenters. The van der Waals surface area contributed by atoms with Gasteiger partial charge in [-0.25, -0.2) is 0 Å². The molecule has 0 spiro atoms. The van der Waals surface area contributed by atoms with Crippen LogP contribution in [0.3, 0.4) is 0 Å². The van der Waals surface area contributed by atoms with E-state index in [9.17, 15) is 183 Å². The van der Waals surface area contributed by atoms with Gasteiger partial charge in [-0.15, -0.1) is 0 Å². The molecule has 828 valence electrons. The van der Waals surface area contributed by atoms with E-state index in [-0.39, 0.29) is 0 Å². The predicted octanol–water partition coefficient (Wildman–Crippen LogP) is -24.5. The van der Waals surface area contributed by atoms with Crippen LogP contribution in [-0.2, 0) is 128 Å². The fraction of sp³-hybridized carbons (Fsp3) is 0.950. The number of aliphatic hydroxyl groups is 32. The Morgan fingerprint density at radius 1 is 0.196 bits per heavy atom. The summed E-state index contributed by atoms with van der Waals surface area (Å²) in [7, 11) is 0. The average Bonchev–Trinajstić information content (AvgIpc) is 0.763. The van der Waals surface area contributed by atoms with Gasteiger partial charge in [-0.2, -0.15) is 0 Å². The molecule has 12 saturated heterocycles. The number of rotatable bonds is 36. The monoisotopic (exact) mass is 2090 g/mol. The Morgan fingerprint density at radius 2 is 0.441 bits per heavy atom. The standard InChI is InChI=1S/C80H134N4O59/c1-17-37(97)49(109)55(115)73(123-17)121-16-32-63(45(105)33(69(120)125-32)81-19(3)93)135-70-34(82-20(4)94)46(106)61(29(13-91)131-70)137-77-59(119)64(44(104)31(134-77)15-122-78-66(53(113)41(101)25(9-87)128-78)141-71-35(83-21(5)95)47(107)60(28(12-90)132-71)136-75-57(117)51(111)39(99)23(7-85)126-75)139-79-67(54(114)42(102)26(10-88)129-79)142-72-36(84-22(6)96)48(108)62(30(14-92)133-72)138-80-68(143-74-56(116)50(110)38(98)18(2)124-74)65(43(103)27(11-89)130-80)140-76-58(118)52(112)40(100)24(8-86)127-76/h17-18,23-80,85-92,97-120H,7-16H2,1-6H3,(H,81,93)(H,82,94)(H,83,95)(H,84,96)/t17-,18-,23+,24+,25+,26+,27+,28+,29+,30+,31+,32+,33+,34+,35+,36+,37+,38+,39-,40-,41+,42+,43-,44+,45+,46+,47+,48+,49+,50+,51-,52-,53-,54-,55-,56-,57+,58+,59-,60+,61+,62+,63+,64-,65-,66-,67-,68+,69?,70-,71-,72-,73+,74-,75-,76+,77-,78-,79+,80-/m0/s1. The van der Waals surface area contributed by atoms with Crippen LogP contribution in [-0.4, -0.2) is 621 Å². The number of hydrogen-bond donors (Lipinski definition) is 36. The highest BCUT2D eigenvalue weighted by Crippen LogP contribution is 2.43. The van der Waals surface area contributed by atoms with E-state index in [0.29, 0.717) is 0 Å². The molecule has 0 aromatic carbocycles. The second-order valence-electron chi connectivity index (χ2n) is 36.6. The van der Waals surface area contributed by atoms with Gasteiger partial charge in [-0.3, -0.25) is 19.2 Å². The van der Waals surface area contributed by atoms with Crippen molar-refractivity contribution in [3.8, 4) is 0 Å². The first-order chi connectivity index (χ1) is 67.6. The van der Waals surface area contributed by atoms with Gasteiger partial charge < -0.3 is 294 Å². The van der Waals surface area contributed by atoms with E-state index in [1.807, 2.05) is 0 Å². The first kappa shape index (κ1) is 117. The lowest BCUT2D eigenvalue weighted by atomic mass is 9.93. The third kappa shape index (κ3) is 25.8. The Morgan fingerprint density at radius 3 is 0.846 bits per heavy atom. The third-order valence-corrected chi connectivity index (χ3v) is 26.6. The second kappa shape index (κ2) is 51.0. The Bertz CT molecular complexity index is 3960. The quantitative estimate of drug-likeness (QED) is 0.0277. The zero-order valence-corrected chi connectivity index (χ0v) is 77.0. The molecule has 0 radical (unpaired) electrons. The number of nitrogens with one attached hydrogen (secondary N) is 4. The van der Waals surface area contributed by atoms with Crippen LogP contribution in [0.15, 0.2) is 0 Å². The topological polar surface area (TPSA) is 976 Å². The summed E-state index contributed by atoms with van der Waals surface area (Å²) in [6.07, 6.45) is -119. The fourth-order valence-electron chi connectivity index (χ4n) is 18.7. The summed E-state index contributed by atoms with van der Waals surface area (Å²) >= 11 is 0. The summed E-state index contributed by atoms with van der Waals surface area (Å²) in [5.41, 5.74) is 0. The summed E-state index contributed by atoms with van der Waals surface area (Å²) in [5.74, 6) is -3.96. The van der Waals surface area contributed by atoms with Crippen LogP contribution < -0.4 is 21.3 Å². The number of ether oxygens (including phenoxy) is 23. The molecule has 0 aromatic rings. The zero-order chi connectivity index (χ0) is 105. The minimum atomic E-state index is -2.72. The second-order valence-corrected chi connectivity index (χ2v) is 36.6. The molecule has 0 bridgehead atoms. The van der Waals surface area contributed by atoms with Crippen LogP contribution in [0.2, 0.25) is 0 Å². The zero-order valence-electron chi connectivity index (χ0n) is 77.0. The summed E-state index contributed by atoms with van der Waals surface area (Å²) < 4.78 is 138. The Kier molecular flexibility index (Phi) is 41.8. The number of amides is 4. The smallest absolute Gasteiger partial charge is 0.217 e. The highest BCUT2D eigenvalue weighted by atomic mass is 16.8. The third-order valence-electron chi connectivity index (χ3n) is 26.6. The molecule has 36 N–H and O–H groups in total. The van der Waals surface area contributed by atoms with E-state index in [1.54, 1.807) is 0 Å². The van der Waals surface area contributed by atoms with Gasteiger partial charge in [0.1, 0.15) is 281 Å². The molecule has 0 aliphatic carbocycles. The average molecular weight is 2100 g/mol. The number of carbonyl (C=O) groups excluding carboxylic acids is 4. The highest BCUT2D eigenvalue weighted by Gasteiger charge is 2.64. The summed E-state index contributed by atoms with van der Waals surface area (Å²) in [6.45, 7) is -5.53. The van der Waals surface area contributed by atoms with Crippen LogP contribution >= 0.6 is 0 Å². The molecule has 4 amide bonds. The summed E-state index contributed by atoms with van der Waals surface area (Å²) in [5, 5.41) is 371. The van der Waals surface area contributed by atoms with Gasteiger partial charge in [0, 0.05) is 27.7 Å². The normalized spacial score (nSPS) is 50.7. The van der Waals surface area contributed by atoms with Crippen molar-refractivity contribution >= 4 is 23.6 Å². The summed E-state index contributed by atoms with van der Waals surface area (Å²) in [4.78, 5) is 52.5. The van der Waals surface area contributed by atoms with E-state index in [4.69, 9.17) is 109 Å². The number of aliphatic hydroxyl groups excluding tert-OH is 32. The SMILES string of the molecule is CC(=O)N[C@H]1[C@H](O[C@H]2[C@H](O)[C@@H](NC(C)=O)C(O)O[C@@H]2CO[C@@H]2O[C@@H](C)[C@@H](O)[C@@H](O)[C@@H]2O)O[C@H](CO)[C@@H](O[C@@H]2O[C@H](CO[C@H]3O[C@H](CO)[C@@H](O)[C@H](O)[C@@H]3O[C@@H]3O[C@H](CO)[C@@H](O[C@@H]4O[C@H](CO)[C@H](O)[C@H](O)[C@H]4O)[C@H](O)[C@H]3NC(C)=O)[C@@H](O)[C@H](O[C@H]3O[C@H](CO)[C@@H](O)[C@H](O)[C@@H]3O[C@@H]3O[C@H](CO)[C@@H](O[C@@H]4O[C@H](CO)[C@H](O)[C@H](O[C@H]5O[C@H](CO)[C@H](O)[C@H](O)[C@H]5O)[C@H]4O[C@@H]4O[C@@H](C)[C@@H](O)[C@@H](O)[C@@H]4O)[C@H](O)[C@H]3NC(C)=O)[C@@H]2O)[C@@H]1O. The molecule has 63 heteroatoms. The largest absolute Gasteiger partial charge is 0.394 e. The van der Waals surface area contributed by atoms with Crippen molar-refractivity contribution in [2.45, 2.75) is 410 Å². The Balaban J connectivity index is 0.878. The maximum atomic E-state index is 13.5. The van der Waals surface area contributed by atoms with Crippen molar-refractivity contribution in [2.75, 3.05) is 66.1 Å². The van der Waals surface area contributed by atoms with Crippen LogP contribution in [0.4, 0.5) is 0 Å². The van der Waals surface area contributed by atoms with E-state index in [1.165, 1.54) is 13.8 Å². The predicted molar refractivity (Wildman–Crippen MR) is 439 cm³/mol. The highest BCUT2D eigenvalue weighted by molar-refractivity contribution is 5.74. The fourth-order valence-corrected chi connectivity index (χ4v) is 18.7. The minimum absolute atomic E-state index is 0.859. The van der Waals surface area contributed by atoms with Crippen LogP contribution in [0.5, 0.6) is 0 Å². The molecule has 12 aliphatic rings. The molecule has 63 nitrogen and oxygen atoms in total. The van der Waals surface area contributed by atoms with Crippen molar-refractivity contribution in [1.29, 1.82) is 0 Å². The molecule has 12 heterocycles. The maximum Gasteiger partial charge on any atom is 0.217 e. The van der Waals surface area contributed by atoms with Gasteiger partial charge in [-0.05, 0) is 13.8 Å². The van der Waals surface area contributed by atoms with Crippen LogP contribution in [0.1, 0.15) is 41.5 Å². The first-order valence-corrected chi connectivity index (χ1v) is 45.9. The van der Waals surface area contributed by atoms with Crippen molar-refractivity contribution in [2.24, 2.45) is 0 Å². The first-order valence-electron chi connectivity index (χ1n) is 45.9. The van der Waals surface area contributed by atoms with Gasteiger partial charge in [0.05, 0.1) is 78.3 Å². The van der Waals surface area contributed by atoms with E-state index >= 15 is 0 Å². The Hall–Kier alpha value is -4.32. The van der Waals surface area contributed by atoms with E-state index in [2.05, 4.69) is 21.3 Å². The molecule has 12 rings (SSSR count). The molecule has 0 aromatic heterocycles. The molecular weight excluding hydrogens is 1960 g/mol. The molecule has 12 aliphatic heterocycles.